The van der Waals surface area contributed by atoms with Crippen molar-refractivity contribution in [1.82, 2.24) is 10.3 Å². The fraction of sp³-hybridized carbons (Fsp3) is 0.0952. The first-order valence-electron chi connectivity index (χ1n) is 8.40. The number of aromatic nitrogens is 1. The van der Waals surface area contributed by atoms with Crippen LogP contribution in [0.3, 0.4) is 0 Å². The Balaban J connectivity index is 1.63. The minimum absolute atomic E-state index is 0.0760. The Morgan fingerprint density at radius 2 is 1.92 bits per heavy atom. The molecule has 3 aromatic rings. The zero-order valence-corrected chi connectivity index (χ0v) is 14.4. The van der Waals surface area contributed by atoms with Gasteiger partial charge in [-0.2, -0.15) is 0 Å². The summed E-state index contributed by atoms with van der Waals surface area (Å²) in [4.78, 5) is 15.4. The maximum absolute atomic E-state index is 12.3. The van der Waals surface area contributed by atoms with Gasteiger partial charge in [-0.1, -0.05) is 12.1 Å². The number of carbonyl (C=O) groups is 1. The molecule has 1 amide bonds. The van der Waals surface area contributed by atoms with E-state index in [2.05, 4.69) is 21.7 Å². The van der Waals surface area contributed by atoms with E-state index in [1.807, 2.05) is 54.9 Å². The van der Waals surface area contributed by atoms with Crippen molar-refractivity contribution in [2.45, 2.75) is 6.54 Å². The number of hydrogen-bond acceptors (Lipinski definition) is 3. The summed E-state index contributed by atoms with van der Waals surface area (Å²) in [5.41, 5.74) is 5.83. The smallest absolute Gasteiger partial charge is 0.253 e. The third kappa shape index (κ3) is 3.07. The maximum Gasteiger partial charge on any atom is 0.253 e. The molecule has 5 nitrogen and oxygen atoms in total. The number of fused-ring (bicyclic) bond motifs is 1. The summed E-state index contributed by atoms with van der Waals surface area (Å²) in [5, 5.41) is 6.14. The minimum Gasteiger partial charge on any atom is -0.497 e. The molecular weight excluding hydrogens is 326 g/mol. The van der Waals surface area contributed by atoms with Crippen molar-refractivity contribution in [2.75, 3.05) is 12.4 Å². The first kappa shape index (κ1) is 16.0. The lowest BCUT2D eigenvalue weighted by Crippen LogP contribution is -2.29. The molecule has 0 spiro atoms. The Morgan fingerprint density at radius 3 is 2.65 bits per heavy atom. The van der Waals surface area contributed by atoms with Gasteiger partial charge in [0.05, 0.1) is 12.7 Å². The van der Waals surface area contributed by atoms with Crippen LogP contribution in [0.2, 0.25) is 0 Å². The Bertz CT molecular complexity index is 957. The summed E-state index contributed by atoms with van der Waals surface area (Å²) in [6.45, 7) is 0.534. The molecule has 2 aromatic carbocycles. The molecule has 1 aromatic heterocycles. The second-order valence-corrected chi connectivity index (χ2v) is 6.09. The predicted molar refractivity (Wildman–Crippen MR) is 103 cm³/mol. The quantitative estimate of drug-likeness (QED) is 0.631. The summed E-state index contributed by atoms with van der Waals surface area (Å²) >= 11 is 0. The van der Waals surface area contributed by atoms with Crippen molar-refractivity contribution in [2.24, 2.45) is 0 Å². The number of anilines is 1. The van der Waals surface area contributed by atoms with Gasteiger partial charge in [0, 0.05) is 30.8 Å². The van der Waals surface area contributed by atoms with Gasteiger partial charge in [0.1, 0.15) is 5.75 Å². The first-order chi connectivity index (χ1) is 12.7. The standard InChI is InChI=1S/C21H19N3O2/c1-26-18-5-3-17(4-6-18)23-13-20-19-7-2-14(15-8-9-22-11-15)10-16(19)12-24-21(20)25/h2-11,13,22-23H,12H2,1H3,(H,24,25). The lowest BCUT2D eigenvalue weighted by atomic mass is 9.93. The van der Waals surface area contributed by atoms with Crippen LogP contribution in [0.1, 0.15) is 11.1 Å². The third-order valence-corrected chi connectivity index (χ3v) is 4.48. The summed E-state index contributed by atoms with van der Waals surface area (Å²) in [5.74, 6) is 0.717. The molecule has 0 saturated heterocycles. The van der Waals surface area contributed by atoms with Crippen LogP contribution in [-0.2, 0) is 11.3 Å². The summed E-state index contributed by atoms with van der Waals surface area (Å²) in [6.07, 6.45) is 5.62. The Labute approximate surface area is 151 Å². The second-order valence-electron chi connectivity index (χ2n) is 6.09. The number of aromatic amines is 1. The van der Waals surface area contributed by atoms with Crippen LogP contribution in [0, 0.1) is 0 Å². The van der Waals surface area contributed by atoms with E-state index in [4.69, 9.17) is 4.74 Å². The minimum atomic E-state index is -0.0760. The molecule has 0 radical (unpaired) electrons. The third-order valence-electron chi connectivity index (χ3n) is 4.48. The SMILES string of the molecule is COc1ccc(NC=C2C(=O)NCc3cc(-c4cc[nH]c4)ccc32)cc1. The largest absolute Gasteiger partial charge is 0.497 e. The molecule has 0 saturated carbocycles. The molecule has 0 bridgehead atoms. The number of amides is 1. The Hall–Kier alpha value is -3.47. The molecule has 26 heavy (non-hydrogen) atoms. The number of hydrogen-bond donors (Lipinski definition) is 3. The van der Waals surface area contributed by atoms with Crippen LogP contribution >= 0.6 is 0 Å². The predicted octanol–water partition coefficient (Wildman–Crippen LogP) is 3.77. The number of ether oxygens (including phenoxy) is 1. The molecule has 5 heteroatoms. The van der Waals surface area contributed by atoms with Crippen LogP contribution < -0.4 is 15.4 Å². The van der Waals surface area contributed by atoms with Crippen LogP contribution in [0.5, 0.6) is 5.75 Å². The molecule has 0 aliphatic carbocycles. The lowest BCUT2D eigenvalue weighted by Gasteiger charge is -2.20. The first-order valence-corrected chi connectivity index (χ1v) is 8.40. The van der Waals surface area contributed by atoms with Gasteiger partial charge in [-0.3, -0.25) is 4.79 Å². The monoisotopic (exact) mass is 345 g/mol. The maximum atomic E-state index is 12.3. The molecule has 0 fully saturated rings. The van der Waals surface area contributed by atoms with E-state index in [9.17, 15) is 4.79 Å². The zero-order valence-electron chi connectivity index (χ0n) is 14.4. The van der Waals surface area contributed by atoms with E-state index in [1.54, 1.807) is 13.3 Å². The van der Waals surface area contributed by atoms with Gasteiger partial charge in [-0.25, -0.2) is 0 Å². The molecule has 1 aliphatic rings. The zero-order chi connectivity index (χ0) is 17.9. The number of benzene rings is 2. The van der Waals surface area contributed by atoms with Crippen molar-refractivity contribution in [3.8, 4) is 16.9 Å². The van der Waals surface area contributed by atoms with Crippen molar-refractivity contribution in [3.63, 3.8) is 0 Å². The van der Waals surface area contributed by atoms with Gasteiger partial charge in [-0.15, -0.1) is 0 Å². The highest BCUT2D eigenvalue weighted by atomic mass is 16.5. The number of rotatable bonds is 4. The van der Waals surface area contributed by atoms with Crippen molar-refractivity contribution >= 4 is 17.2 Å². The van der Waals surface area contributed by atoms with E-state index in [0.717, 1.165) is 33.7 Å². The van der Waals surface area contributed by atoms with Gasteiger partial charge < -0.3 is 20.4 Å². The van der Waals surface area contributed by atoms with Gasteiger partial charge in [0.25, 0.3) is 5.91 Å². The molecule has 2 heterocycles. The Kier molecular flexibility index (Phi) is 4.19. The van der Waals surface area contributed by atoms with Gasteiger partial charge in [0.15, 0.2) is 0 Å². The van der Waals surface area contributed by atoms with Crippen molar-refractivity contribution in [3.05, 3.63) is 78.3 Å². The number of H-pyrrole nitrogens is 1. The average molecular weight is 345 g/mol. The molecule has 3 N–H and O–H groups in total. The van der Waals surface area contributed by atoms with E-state index in [1.165, 1.54) is 0 Å². The summed E-state index contributed by atoms with van der Waals surface area (Å²) < 4.78 is 5.16. The number of nitrogens with one attached hydrogen (secondary N) is 3. The van der Waals surface area contributed by atoms with Crippen LogP contribution in [0.25, 0.3) is 16.7 Å². The Morgan fingerprint density at radius 1 is 1.08 bits per heavy atom. The van der Waals surface area contributed by atoms with Gasteiger partial charge >= 0.3 is 0 Å². The topological polar surface area (TPSA) is 66.2 Å². The van der Waals surface area contributed by atoms with Gasteiger partial charge in [0.2, 0.25) is 0 Å². The fourth-order valence-electron chi connectivity index (χ4n) is 3.06. The van der Waals surface area contributed by atoms with E-state index in [0.29, 0.717) is 12.1 Å². The molecule has 0 atom stereocenters. The molecule has 0 unspecified atom stereocenters. The second kappa shape index (κ2) is 6.80. The van der Waals surface area contributed by atoms with Crippen LogP contribution in [-0.4, -0.2) is 18.0 Å². The lowest BCUT2D eigenvalue weighted by molar-refractivity contribution is -0.116. The average Bonchev–Trinajstić information content (AvgIpc) is 3.22. The van der Waals surface area contributed by atoms with Gasteiger partial charge in [-0.05, 0) is 58.7 Å². The number of methoxy groups -OCH3 is 1. The van der Waals surface area contributed by atoms with Crippen molar-refractivity contribution < 1.29 is 9.53 Å². The highest BCUT2D eigenvalue weighted by molar-refractivity contribution is 6.21. The molecule has 130 valence electrons. The highest BCUT2D eigenvalue weighted by Gasteiger charge is 2.21. The number of carbonyl (C=O) groups excluding carboxylic acids is 1. The summed E-state index contributed by atoms with van der Waals surface area (Å²) in [6, 6.07) is 15.8. The highest BCUT2D eigenvalue weighted by Crippen LogP contribution is 2.29. The molecular formula is C21H19N3O2. The normalized spacial score (nSPS) is 14.7. The van der Waals surface area contributed by atoms with E-state index >= 15 is 0 Å². The van der Waals surface area contributed by atoms with Crippen LogP contribution in [0.4, 0.5) is 5.69 Å². The summed E-state index contributed by atoms with van der Waals surface area (Å²) in [7, 11) is 1.63. The van der Waals surface area contributed by atoms with Crippen molar-refractivity contribution in [1.29, 1.82) is 0 Å². The molecule has 1 aliphatic heterocycles. The molecule has 4 rings (SSSR count). The van der Waals surface area contributed by atoms with E-state index in [-0.39, 0.29) is 5.91 Å². The van der Waals surface area contributed by atoms with E-state index < -0.39 is 0 Å². The fourth-order valence-corrected chi connectivity index (χ4v) is 3.06. The van der Waals surface area contributed by atoms with Crippen LogP contribution in [0.15, 0.2) is 67.1 Å².